The summed E-state index contributed by atoms with van der Waals surface area (Å²) in [5.74, 6) is 0.835. The second kappa shape index (κ2) is 5.44. The predicted octanol–water partition coefficient (Wildman–Crippen LogP) is 3.80. The van der Waals surface area contributed by atoms with E-state index in [9.17, 15) is 4.39 Å². The third-order valence-electron chi connectivity index (χ3n) is 4.24. The first-order valence-electron chi connectivity index (χ1n) is 7.76. The zero-order chi connectivity index (χ0) is 14.9. The lowest BCUT2D eigenvalue weighted by molar-refractivity contribution is 0.627. The molecule has 0 atom stereocenters. The van der Waals surface area contributed by atoms with Crippen molar-refractivity contribution in [2.75, 3.05) is 22.9 Å². The highest BCUT2D eigenvalue weighted by Gasteiger charge is 2.32. The zero-order valence-electron chi connectivity index (χ0n) is 12.4. The lowest BCUT2D eigenvalue weighted by Gasteiger charge is -2.22. The first-order valence-corrected chi connectivity index (χ1v) is 7.76. The smallest absolute Gasteiger partial charge is 0.206 e. The first-order chi connectivity index (χ1) is 10.8. The van der Waals surface area contributed by atoms with Gasteiger partial charge in [0.25, 0.3) is 0 Å². The van der Waals surface area contributed by atoms with Crippen LogP contribution >= 0.6 is 0 Å². The normalized spacial score (nSPS) is 16.9. The van der Waals surface area contributed by atoms with E-state index in [1.165, 1.54) is 23.5 Å². The summed E-state index contributed by atoms with van der Waals surface area (Å²) in [5.41, 5.74) is 3.50. The topological polar surface area (TPSA) is 18.8 Å². The maximum Gasteiger partial charge on any atom is 0.206 e. The van der Waals surface area contributed by atoms with Crippen LogP contribution in [0.25, 0.3) is 0 Å². The van der Waals surface area contributed by atoms with E-state index in [4.69, 9.17) is 4.99 Å². The molecule has 0 saturated carbocycles. The van der Waals surface area contributed by atoms with Crippen molar-refractivity contribution in [3.05, 3.63) is 59.9 Å². The van der Waals surface area contributed by atoms with Crippen molar-refractivity contribution in [1.29, 1.82) is 0 Å². The molecule has 0 fully saturated rings. The number of hydrogen-bond acceptors (Lipinski definition) is 3. The number of nitrogens with zero attached hydrogens (tertiary/aromatic N) is 3. The molecule has 0 spiro atoms. The Labute approximate surface area is 129 Å². The lowest BCUT2D eigenvalue weighted by Crippen LogP contribution is -2.38. The summed E-state index contributed by atoms with van der Waals surface area (Å²) < 4.78 is 13.1. The van der Waals surface area contributed by atoms with Crippen LogP contribution in [0, 0.1) is 5.82 Å². The first kappa shape index (κ1) is 13.3. The number of aliphatic imine (C=N–C) groups is 1. The highest BCUT2D eigenvalue weighted by Crippen LogP contribution is 2.38. The number of halogens is 1. The Hall–Kier alpha value is -2.36. The van der Waals surface area contributed by atoms with Gasteiger partial charge < -0.3 is 9.80 Å². The van der Waals surface area contributed by atoms with Gasteiger partial charge >= 0.3 is 0 Å². The molecule has 3 nitrogen and oxygen atoms in total. The number of anilines is 2. The standard InChI is InChI=1S/C18H18FN3/c19-15-9-7-14(8-10-15)13-22-17-6-2-1-5-16(17)21-12-4-3-11-20-18(21)22/h1-2,5-10H,3-4,11-13H2. The summed E-state index contributed by atoms with van der Waals surface area (Å²) >= 11 is 0. The average molecular weight is 295 g/mol. The van der Waals surface area contributed by atoms with Crippen LogP contribution < -0.4 is 9.80 Å². The number of para-hydroxylation sites is 2. The Bertz CT molecular complexity index is 709. The van der Waals surface area contributed by atoms with Crippen LogP contribution in [0.15, 0.2) is 53.5 Å². The highest BCUT2D eigenvalue weighted by molar-refractivity contribution is 6.16. The molecule has 4 heteroatoms. The minimum absolute atomic E-state index is 0.195. The summed E-state index contributed by atoms with van der Waals surface area (Å²) in [6, 6.07) is 15.1. The van der Waals surface area contributed by atoms with Gasteiger partial charge in [-0.15, -0.1) is 0 Å². The Morgan fingerprint density at radius 1 is 0.955 bits per heavy atom. The van der Waals surface area contributed by atoms with E-state index in [0.29, 0.717) is 6.54 Å². The Kier molecular flexibility index (Phi) is 3.29. The van der Waals surface area contributed by atoms with Crippen molar-refractivity contribution < 1.29 is 4.39 Å². The predicted molar refractivity (Wildman–Crippen MR) is 87.9 cm³/mol. The van der Waals surface area contributed by atoms with Gasteiger partial charge in [0.15, 0.2) is 0 Å². The van der Waals surface area contributed by atoms with Crippen molar-refractivity contribution in [3.8, 4) is 0 Å². The molecule has 0 radical (unpaired) electrons. The van der Waals surface area contributed by atoms with E-state index in [1.54, 1.807) is 0 Å². The number of hydrogen-bond donors (Lipinski definition) is 0. The molecule has 0 unspecified atom stereocenters. The molecule has 2 aliphatic rings. The van der Waals surface area contributed by atoms with Gasteiger partial charge in [0, 0.05) is 13.1 Å². The van der Waals surface area contributed by atoms with Gasteiger partial charge in [-0.25, -0.2) is 4.39 Å². The lowest BCUT2D eigenvalue weighted by atomic mass is 10.2. The fraction of sp³-hybridized carbons (Fsp3) is 0.278. The molecular formula is C18H18FN3. The van der Waals surface area contributed by atoms with Gasteiger partial charge in [-0.05, 0) is 42.7 Å². The van der Waals surface area contributed by atoms with Crippen molar-refractivity contribution >= 4 is 17.3 Å². The van der Waals surface area contributed by atoms with Crippen LogP contribution in [-0.2, 0) is 6.54 Å². The fourth-order valence-corrected chi connectivity index (χ4v) is 3.16. The van der Waals surface area contributed by atoms with E-state index in [0.717, 1.165) is 37.5 Å². The van der Waals surface area contributed by atoms with Crippen LogP contribution in [0.5, 0.6) is 0 Å². The zero-order valence-corrected chi connectivity index (χ0v) is 12.4. The monoisotopic (exact) mass is 295 g/mol. The molecule has 2 aromatic carbocycles. The van der Waals surface area contributed by atoms with Gasteiger partial charge in [-0.2, -0.15) is 0 Å². The second-order valence-electron chi connectivity index (χ2n) is 5.74. The molecule has 0 aliphatic carbocycles. The molecule has 2 heterocycles. The van der Waals surface area contributed by atoms with Crippen molar-refractivity contribution in [2.24, 2.45) is 4.99 Å². The molecule has 2 aliphatic heterocycles. The quantitative estimate of drug-likeness (QED) is 0.839. The summed E-state index contributed by atoms with van der Waals surface area (Å²) in [6.07, 6.45) is 2.29. The van der Waals surface area contributed by atoms with Crippen LogP contribution in [0.2, 0.25) is 0 Å². The third kappa shape index (κ3) is 2.25. The second-order valence-corrected chi connectivity index (χ2v) is 5.74. The van der Waals surface area contributed by atoms with E-state index in [1.807, 2.05) is 12.1 Å². The van der Waals surface area contributed by atoms with Gasteiger partial charge in [-0.1, -0.05) is 24.3 Å². The third-order valence-corrected chi connectivity index (χ3v) is 4.24. The fourth-order valence-electron chi connectivity index (χ4n) is 3.16. The Balaban J connectivity index is 1.73. The largest absolute Gasteiger partial charge is 0.310 e. The van der Waals surface area contributed by atoms with Crippen LogP contribution in [0.3, 0.4) is 0 Å². The molecule has 0 N–H and O–H groups in total. The summed E-state index contributed by atoms with van der Waals surface area (Å²) in [7, 11) is 0. The minimum Gasteiger partial charge on any atom is -0.310 e. The highest BCUT2D eigenvalue weighted by atomic mass is 19.1. The maximum atomic E-state index is 13.1. The molecule has 112 valence electrons. The minimum atomic E-state index is -0.195. The van der Waals surface area contributed by atoms with E-state index in [-0.39, 0.29) is 5.82 Å². The van der Waals surface area contributed by atoms with Crippen LogP contribution in [0.1, 0.15) is 18.4 Å². The Morgan fingerprint density at radius 3 is 2.55 bits per heavy atom. The molecule has 2 aromatic rings. The summed E-state index contributed by atoms with van der Waals surface area (Å²) in [6.45, 7) is 2.60. The van der Waals surface area contributed by atoms with Gasteiger partial charge in [0.05, 0.1) is 17.9 Å². The SMILES string of the molecule is Fc1ccc(CN2C3=NCCCCN3c3ccccc32)cc1. The number of benzene rings is 2. The van der Waals surface area contributed by atoms with Gasteiger partial charge in [0.2, 0.25) is 5.96 Å². The van der Waals surface area contributed by atoms with E-state index in [2.05, 4.69) is 34.1 Å². The van der Waals surface area contributed by atoms with Crippen LogP contribution in [-0.4, -0.2) is 19.0 Å². The molecule has 0 amide bonds. The summed E-state index contributed by atoms with van der Waals surface area (Å²) in [4.78, 5) is 9.34. The molecule has 4 rings (SSSR count). The average Bonchev–Trinajstić information content (AvgIpc) is 2.71. The van der Waals surface area contributed by atoms with Crippen LogP contribution in [0.4, 0.5) is 15.8 Å². The molecule has 0 saturated heterocycles. The molecule has 0 aromatic heterocycles. The van der Waals surface area contributed by atoms with Crippen molar-refractivity contribution in [1.82, 2.24) is 0 Å². The van der Waals surface area contributed by atoms with Gasteiger partial charge in [-0.3, -0.25) is 4.99 Å². The number of guanidine groups is 1. The molecular weight excluding hydrogens is 277 g/mol. The van der Waals surface area contributed by atoms with E-state index >= 15 is 0 Å². The van der Waals surface area contributed by atoms with Gasteiger partial charge in [0.1, 0.15) is 5.82 Å². The number of fused-ring (bicyclic) bond motifs is 3. The van der Waals surface area contributed by atoms with Crippen molar-refractivity contribution in [3.63, 3.8) is 0 Å². The maximum absolute atomic E-state index is 13.1. The van der Waals surface area contributed by atoms with Crippen molar-refractivity contribution in [2.45, 2.75) is 19.4 Å². The van der Waals surface area contributed by atoms with E-state index < -0.39 is 0 Å². The summed E-state index contributed by atoms with van der Waals surface area (Å²) in [5, 5.41) is 0. The number of rotatable bonds is 2. The molecule has 0 bridgehead atoms. The Morgan fingerprint density at radius 2 is 1.73 bits per heavy atom. The molecule has 22 heavy (non-hydrogen) atoms.